The van der Waals surface area contributed by atoms with Crippen molar-refractivity contribution in [1.29, 1.82) is 0 Å². The van der Waals surface area contributed by atoms with Crippen molar-refractivity contribution in [2.75, 3.05) is 0 Å². The summed E-state index contributed by atoms with van der Waals surface area (Å²) in [5.41, 5.74) is 6.15. The fourth-order valence-electron chi connectivity index (χ4n) is 1.51. The molecule has 0 amide bonds. The maximum Gasteiger partial charge on any atom is 0.247 e. The second-order valence-corrected chi connectivity index (χ2v) is 3.83. The molecular formula is C12H15N3O2. The highest BCUT2D eigenvalue weighted by Crippen LogP contribution is 2.17. The molecule has 1 unspecified atom stereocenters. The molecule has 5 nitrogen and oxygen atoms in total. The Labute approximate surface area is 99.3 Å². The van der Waals surface area contributed by atoms with Crippen LogP contribution in [0.15, 0.2) is 34.7 Å². The minimum atomic E-state index is -0.772. The number of nitrogens with two attached hydrogens (primary N) is 1. The lowest BCUT2D eigenvalue weighted by Gasteiger charge is -2.00. The van der Waals surface area contributed by atoms with Gasteiger partial charge in [0.05, 0.1) is 0 Å². The van der Waals surface area contributed by atoms with Crippen LogP contribution < -0.4 is 5.73 Å². The quantitative estimate of drug-likeness (QED) is 0.761. The van der Waals surface area contributed by atoms with E-state index in [9.17, 15) is 0 Å². The lowest BCUT2D eigenvalue weighted by atomic mass is 10.2. The summed E-state index contributed by atoms with van der Waals surface area (Å²) in [4.78, 5) is 0. The molecule has 5 heteroatoms. The van der Waals surface area contributed by atoms with E-state index in [4.69, 9.17) is 15.3 Å². The molecule has 0 saturated carbocycles. The van der Waals surface area contributed by atoms with Gasteiger partial charge in [0, 0.05) is 12.0 Å². The molecule has 2 aromatic rings. The van der Waals surface area contributed by atoms with E-state index in [1.807, 2.05) is 30.3 Å². The Morgan fingerprint density at radius 1 is 1.24 bits per heavy atom. The van der Waals surface area contributed by atoms with E-state index < -0.39 is 6.23 Å². The Bertz CT molecular complexity index is 454. The molecule has 0 fully saturated rings. The van der Waals surface area contributed by atoms with Crippen LogP contribution in [0.2, 0.25) is 0 Å². The zero-order chi connectivity index (χ0) is 12.1. The van der Waals surface area contributed by atoms with Crippen molar-refractivity contribution >= 4 is 0 Å². The number of aliphatic hydroxyl groups excluding tert-OH is 1. The van der Waals surface area contributed by atoms with Crippen LogP contribution in [0.1, 0.15) is 18.7 Å². The molecule has 0 spiro atoms. The molecule has 0 aliphatic carbocycles. The standard InChI is InChI=1S/C12H15N3O2/c13-10(16)7-4-8-11-14-15-12(17-11)9-5-2-1-3-6-9/h1-3,5-6,10,16H,4,7-8,13H2. The van der Waals surface area contributed by atoms with Gasteiger partial charge in [-0.2, -0.15) is 0 Å². The molecule has 0 saturated heterocycles. The highest BCUT2D eigenvalue weighted by Gasteiger charge is 2.08. The number of benzene rings is 1. The Kier molecular flexibility index (Phi) is 3.85. The zero-order valence-electron chi connectivity index (χ0n) is 9.41. The van der Waals surface area contributed by atoms with Crippen LogP contribution in [0.5, 0.6) is 0 Å². The van der Waals surface area contributed by atoms with Gasteiger partial charge < -0.3 is 15.3 Å². The van der Waals surface area contributed by atoms with Gasteiger partial charge in [0.2, 0.25) is 11.8 Å². The van der Waals surface area contributed by atoms with Crippen molar-refractivity contribution in [3.63, 3.8) is 0 Å². The summed E-state index contributed by atoms with van der Waals surface area (Å²) in [6.45, 7) is 0. The van der Waals surface area contributed by atoms with Crippen molar-refractivity contribution in [3.8, 4) is 11.5 Å². The minimum absolute atomic E-state index is 0.522. The third-order valence-corrected chi connectivity index (χ3v) is 2.38. The first-order chi connectivity index (χ1) is 8.25. The predicted octanol–water partition coefficient (Wildman–Crippen LogP) is 1.34. The van der Waals surface area contributed by atoms with E-state index in [1.54, 1.807) is 0 Å². The van der Waals surface area contributed by atoms with E-state index >= 15 is 0 Å². The maximum absolute atomic E-state index is 8.92. The second kappa shape index (κ2) is 5.56. The first-order valence-corrected chi connectivity index (χ1v) is 5.57. The largest absolute Gasteiger partial charge is 0.421 e. The van der Waals surface area contributed by atoms with Crippen molar-refractivity contribution < 1.29 is 9.52 Å². The first-order valence-electron chi connectivity index (χ1n) is 5.57. The van der Waals surface area contributed by atoms with Crippen molar-refractivity contribution in [2.45, 2.75) is 25.5 Å². The van der Waals surface area contributed by atoms with Crippen LogP contribution >= 0.6 is 0 Å². The molecule has 1 heterocycles. The van der Waals surface area contributed by atoms with Gasteiger partial charge in [0.1, 0.15) is 6.23 Å². The van der Waals surface area contributed by atoms with Crippen molar-refractivity contribution in [1.82, 2.24) is 10.2 Å². The number of aromatic nitrogens is 2. The Morgan fingerprint density at radius 3 is 2.71 bits per heavy atom. The number of nitrogens with zero attached hydrogens (tertiary/aromatic N) is 2. The average molecular weight is 233 g/mol. The number of rotatable bonds is 5. The molecule has 0 aliphatic heterocycles. The normalized spacial score (nSPS) is 12.6. The van der Waals surface area contributed by atoms with Crippen molar-refractivity contribution in [3.05, 3.63) is 36.2 Å². The molecule has 2 rings (SSSR count). The molecule has 1 aromatic carbocycles. The van der Waals surface area contributed by atoms with E-state index in [-0.39, 0.29) is 0 Å². The monoisotopic (exact) mass is 233 g/mol. The number of hydrogen-bond donors (Lipinski definition) is 2. The molecule has 1 aromatic heterocycles. The molecule has 1 atom stereocenters. The first kappa shape index (κ1) is 11.8. The predicted molar refractivity (Wildman–Crippen MR) is 62.9 cm³/mol. The lowest BCUT2D eigenvalue weighted by Crippen LogP contribution is -2.18. The van der Waals surface area contributed by atoms with Crippen LogP contribution in [0.3, 0.4) is 0 Å². The average Bonchev–Trinajstić information content (AvgIpc) is 2.78. The topological polar surface area (TPSA) is 85.2 Å². The Balaban J connectivity index is 1.97. The summed E-state index contributed by atoms with van der Waals surface area (Å²) in [6, 6.07) is 9.61. The Morgan fingerprint density at radius 2 is 2.00 bits per heavy atom. The third-order valence-electron chi connectivity index (χ3n) is 2.38. The summed E-state index contributed by atoms with van der Waals surface area (Å²) >= 11 is 0. The number of hydrogen-bond acceptors (Lipinski definition) is 5. The Hall–Kier alpha value is -1.72. The fraction of sp³-hybridized carbons (Fsp3) is 0.333. The fourth-order valence-corrected chi connectivity index (χ4v) is 1.51. The van der Waals surface area contributed by atoms with Gasteiger partial charge in [-0.3, -0.25) is 0 Å². The summed E-state index contributed by atoms with van der Waals surface area (Å²) in [7, 11) is 0. The van der Waals surface area contributed by atoms with Gasteiger partial charge in [0.15, 0.2) is 0 Å². The highest BCUT2D eigenvalue weighted by atomic mass is 16.4. The van der Waals surface area contributed by atoms with Crippen LogP contribution in [-0.4, -0.2) is 21.5 Å². The highest BCUT2D eigenvalue weighted by molar-refractivity contribution is 5.51. The summed E-state index contributed by atoms with van der Waals surface area (Å²) in [5, 5.41) is 16.8. The number of aryl methyl sites for hydroxylation is 1. The molecule has 3 N–H and O–H groups in total. The van der Waals surface area contributed by atoms with Gasteiger partial charge in [-0.15, -0.1) is 10.2 Å². The van der Waals surface area contributed by atoms with Crippen LogP contribution in [-0.2, 0) is 6.42 Å². The van der Waals surface area contributed by atoms with E-state index in [0.717, 1.165) is 12.0 Å². The van der Waals surface area contributed by atoms with E-state index in [0.29, 0.717) is 24.6 Å². The molecule has 0 aliphatic rings. The van der Waals surface area contributed by atoms with Gasteiger partial charge in [-0.1, -0.05) is 18.2 Å². The van der Waals surface area contributed by atoms with Crippen LogP contribution in [0.4, 0.5) is 0 Å². The molecule has 0 bridgehead atoms. The minimum Gasteiger partial charge on any atom is -0.421 e. The van der Waals surface area contributed by atoms with Crippen LogP contribution in [0, 0.1) is 0 Å². The summed E-state index contributed by atoms with van der Waals surface area (Å²) in [6.07, 6.45) is 1.12. The van der Waals surface area contributed by atoms with Gasteiger partial charge in [-0.25, -0.2) is 0 Å². The van der Waals surface area contributed by atoms with Gasteiger partial charge in [-0.05, 0) is 25.0 Å². The molecule has 17 heavy (non-hydrogen) atoms. The molecule has 0 radical (unpaired) electrons. The van der Waals surface area contributed by atoms with Gasteiger partial charge >= 0.3 is 0 Å². The van der Waals surface area contributed by atoms with E-state index in [2.05, 4.69) is 10.2 Å². The SMILES string of the molecule is NC(O)CCCc1nnc(-c2ccccc2)o1. The summed E-state index contributed by atoms with van der Waals surface area (Å²) < 4.78 is 5.51. The smallest absolute Gasteiger partial charge is 0.247 e. The molecule has 90 valence electrons. The second-order valence-electron chi connectivity index (χ2n) is 3.83. The third kappa shape index (κ3) is 3.37. The maximum atomic E-state index is 8.92. The van der Waals surface area contributed by atoms with E-state index in [1.165, 1.54) is 0 Å². The van der Waals surface area contributed by atoms with Crippen LogP contribution in [0.25, 0.3) is 11.5 Å². The summed E-state index contributed by atoms with van der Waals surface area (Å²) in [5.74, 6) is 1.10. The zero-order valence-corrected chi connectivity index (χ0v) is 9.41. The number of aliphatic hydroxyl groups is 1. The van der Waals surface area contributed by atoms with Gasteiger partial charge in [0.25, 0.3) is 0 Å². The lowest BCUT2D eigenvalue weighted by molar-refractivity contribution is 0.168. The van der Waals surface area contributed by atoms with Crippen molar-refractivity contribution in [2.24, 2.45) is 5.73 Å². The molecular weight excluding hydrogens is 218 g/mol.